The fourth-order valence-electron chi connectivity index (χ4n) is 4.39. The first kappa shape index (κ1) is 21.3. The number of hydrogen-bond donors (Lipinski definition) is 2. The number of ether oxygens (including phenoxy) is 1. The van der Waals surface area contributed by atoms with Crippen LogP contribution < -0.4 is 15.1 Å². The third-order valence-electron chi connectivity index (χ3n) is 6.24. The molecule has 0 aliphatic carbocycles. The maximum absolute atomic E-state index is 11.1. The van der Waals surface area contributed by atoms with Crippen LogP contribution in [0.5, 0.6) is 0 Å². The van der Waals surface area contributed by atoms with Gasteiger partial charge in [0.1, 0.15) is 11.6 Å². The van der Waals surface area contributed by atoms with Crippen molar-refractivity contribution in [1.29, 1.82) is 0 Å². The molecule has 0 atom stereocenters. The molecule has 0 radical (unpaired) electrons. The number of aromatic nitrogens is 4. The molecule has 3 aromatic rings. The number of nitrogens with one attached hydrogen (secondary N) is 1. The van der Waals surface area contributed by atoms with E-state index >= 15 is 0 Å². The van der Waals surface area contributed by atoms with Crippen LogP contribution in [0.2, 0.25) is 0 Å². The van der Waals surface area contributed by atoms with Gasteiger partial charge < -0.3 is 25.0 Å². The first-order valence-electron chi connectivity index (χ1n) is 11.3. The van der Waals surface area contributed by atoms with Crippen molar-refractivity contribution in [3.8, 4) is 0 Å². The molecular formula is C23H27N7O3. The van der Waals surface area contributed by atoms with E-state index < -0.39 is 5.97 Å². The molecule has 5 rings (SSSR count). The topological polar surface area (TPSA) is 117 Å². The van der Waals surface area contributed by atoms with Crippen LogP contribution in [0.1, 0.15) is 23.3 Å². The van der Waals surface area contributed by atoms with Gasteiger partial charge in [-0.1, -0.05) is 0 Å². The summed E-state index contributed by atoms with van der Waals surface area (Å²) in [5.74, 6) is 1.70. The van der Waals surface area contributed by atoms with E-state index in [4.69, 9.17) is 14.8 Å². The first-order valence-corrected chi connectivity index (χ1v) is 11.3. The maximum atomic E-state index is 11.1. The molecule has 0 amide bonds. The molecule has 2 fully saturated rings. The minimum atomic E-state index is -1.05. The third kappa shape index (κ3) is 4.80. The lowest BCUT2D eigenvalue weighted by Gasteiger charge is -2.34. The van der Waals surface area contributed by atoms with E-state index in [2.05, 4.69) is 42.2 Å². The first-order chi connectivity index (χ1) is 16.2. The zero-order valence-corrected chi connectivity index (χ0v) is 18.4. The van der Waals surface area contributed by atoms with Crippen LogP contribution in [0.3, 0.4) is 0 Å². The van der Waals surface area contributed by atoms with Crippen LogP contribution in [-0.2, 0) is 4.74 Å². The number of hydrogen-bond acceptors (Lipinski definition) is 9. The van der Waals surface area contributed by atoms with Crippen LogP contribution in [-0.4, -0.2) is 76.9 Å². The number of aromatic carboxylic acids is 1. The van der Waals surface area contributed by atoms with Gasteiger partial charge in [0.25, 0.3) is 0 Å². The number of rotatable bonds is 6. The number of piperidine rings is 1. The number of pyridine rings is 2. The second-order valence-electron chi connectivity index (χ2n) is 8.36. The Balaban J connectivity index is 1.27. The third-order valence-corrected chi connectivity index (χ3v) is 6.24. The molecule has 0 unspecified atom stereocenters. The zero-order chi connectivity index (χ0) is 22.6. The molecule has 10 heteroatoms. The van der Waals surface area contributed by atoms with Gasteiger partial charge in [0.15, 0.2) is 5.69 Å². The van der Waals surface area contributed by atoms with Crippen molar-refractivity contribution in [2.75, 3.05) is 61.1 Å². The minimum absolute atomic E-state index is 0.00553. The smallest absolute Gasteiger partial charge is 0.354 e. The minimum Gasteiger partial charge on any atom is -0.477 e. The summed E-state index contributed by atoms with van der Waals surface area (Å²) in [6.07, 6.45) is 5.29. The standard InChI is InChI=1S/C23H27N7O3/c31-22(32)18-3-7-25-23(27-18)26-15-16-4-8-30(9-5-16)21-17-2-1-6-24-19(17)14-20(28-21)29-10-12-33-13-11-29/h1-3,6-7,14,16H,4-5,8-13,15H2,(H,31,32)(H,25,26,27). The molecule has 3 aromatic heterocycles. The number of carboxylic acid groups (broad SMARTS) is 1. The summed E-state index contributed by atoms with van der Waals surface area (Å²) in [4.78, 5) is 33.6. The molecule has 5 heterocycles. The lowest BCUT2D eigenvalue weighted by atomic mass is 9.96. The molecule has 172 valence electrons. The number of morpholine rings is 1. The molecule has 2 saturated heterocycles. The highest BCUT2D eigenvalue weighted by Gasteiger charge is 2.24. The molecular weight excluding hydrogens is 422 g/mol. The van der Waals surface area contributed by atoms with Crippen LogP contribution in [0.25, 0.3) is 10.9 Å². The maximum Gasteiger partial charge on any atom is 0.354 e. The van der Waals surface area contributed by atoms with E-state index in [1.165, 1.54) is 12.3 Å². The molecule has 10 nitrogen and oxygen atoms in total. The summed E-state index contributed by atoms with van der Waals surface area (Å²) >= 11 is 0. The predicted molar refractivity (Wildman–Crippen MR) is 125 cm³/mol. The van der Waals surface area contributed by atoms with E-state index in [9.17, 15) is 4.79 Å². The highest BCUT2D eigenvalue weighted by molar-refractivity contribution is 5.91. The largest absolute Gasteiger partial charge is 0.477 e. The van der Waals surface area contributed by atoms with Crippen LogP contribution in [0, 0.1) is 5.92 Å². The summed E-state index contributed by atoms with van der Waals surface area (Å²) in [7, 11) is 0. The van der Waals surface area contributed by atoms with Gasteiger partial charge in [-0.15, -0.1) is 0 Å². The zero-order valence-electron chi connectivity index (χ0n) is 18.4. The predicted octanol–water partition coefficient (Wildman–Crippen LogP) is 2.28. The van der Waals surface area contributed by atoms with Gasteiger partial charge in [0, 0.05) is 56.6 Å². The summed E-state index contributed by atoms with van der Waals surface area (Å²) in [6, 6.07) is 7.52. The van der Waals surface area contributed by atoms with Crippen molar-refractivity contribution in [2.24, 2.45) is 5.92 Å². The van der Waals surface area contributed by atoms with Crippen molar-refractivity contribution in [3.63, 3.8) is 0 Å². The number of nitrogens with zero attached hydrogens (tertiary/aromatic N) is 6. The molecule has 2 N–H and O–H groups in total. The van der Waals surface area contributed by atoms with Gasteiger partial charge in [0.05, 0.1) is 18.7 Å². The van der Waals surface area contributed by atoms with Crippen molar-refractivity contribution >= 4 is 34.5 Å². The van der Waals surface area contributed by atoms with Gasteiger partial charge in [-0.2, -0.15) is 0 Å². The Labute approximate surface area is 191 Å². The Morgan fingerprint density at radius 3 is 2.67 bits per heavy atom. The van der Waals surface area contributed by atoms with Crippen LogP contribution in [0.15, 0.2) is 36.7 Å². The lowest BCUT2D eigenvalue weighted by Crippen LogP contribution is -2.38. The van der Waals surface area contributed by atoms with Gasteiger partial charge in [0.2, 0.25) is 5.95 Å². The van der Waals surface area contributed by atoms with Gasteiger partial charge in [-0.25, -0.2) is 19.7 Å². The molecule has 0 spiro atoms. The average molecular weight is 450 g/mol. The van der Waals surface area contributed by atoms with E-state index in [1.54, 1.807) is 0 Å². The van der Waals surface area contributed by atoms with E-state index in [0.717, 1.165) is 74.8 Å². The lowest BCUT2D eigenvalue weighted by molar-refractivity contribution is 0.0690. The van der Waals surface area contributed by atoms with Crippen molar-refractivity contribution in [3.05, 3.63) is 42.4 Å². The van der Waals surface area contributed by atoms with Gasteiger partial charge in [-0.05, 0) is 37.0 Å². The normalized spacial score (nSPS) is 17.3. The van der Waals surface area contributed by atoms with Crippen LogP contribution in [0.4, 0.5) is 17.6 Å². The number of fused-ring (bicyclic) bond motifs is 1. The second-order valence-corrected chi connectivity index (χ2v) is 8.36. The molecule has 0 aromatic carbocycles. The summed E-state index contributed by atoms with van der Waals surface area (Å²) in [6.45, 7) is 5.61. The van der Waals surface area contributed by atoms with E-state index in [-0.39, 0.29) is 5.69 Å². The average Bonchev–Trinajstić information content (AvgIpc) is 2.88. The molecule has 2 aliphatic rings. The number of carbonyl (C=O) groups is 1. The molecule has 0 saturated carbocycles. The van der Waals surface area contributed by atoms with E-state index in [1.807, 2.05) is 12.3 Å². The molecule has 0 bridgehead atoms. The summed E-state index contributed by atoms with van der Waals surface area (Å²) in [5.41, 5.74) is 0.956. The summed E-state index contributed by atoms with van der Waals surface area (Å²) < 4.78 is 5.50. The van der Waals surface area contributed by atoms with E-state index in [0.29, 0.717) is 18.4 Å². The SMILES string of the molecule is O=C(O)c1ccnc(NCC2CCN(c3nc(N4CCOCC4)cc4ncccc34)CC2)n1. The highest BCUT2D eigenvalue weighted by atomic mass is 16.5. The Morgan fingerprint density at radius 1 is 1.06 bits per heavy atom. The van der Waals surface area contributed by atoms with Crippen LogP contribution >= 0.6 is 0 Å². The van der Waals surface area contributed by atoms with Gasteiger partial charge in [-0.3, -0.25) is 4.98 Å². The van der Waals surface area contributed by atoms with Gasteiger partial charge >= 0.3 is 5.97 Å². The Kier molecular flexibility index (Phi) is 6.16. The monoisotopic (exact) mass is 449 g/mol. The van der Waals surface area contributed by atoms with Crippen molar-refractivity contribution in [1.82, 2.24) is 19.9 Å². The highest BCUT2D eigenvalue weighted by Crippen LogP contribution is 2.31. The van der Waals surface area contributed by atoms with Crippen molar-refractivity contribution < 1.29 is 14.6 Å². The number of carboxylic acids is 1. The fourth-order valence-corrected chi connectivity index (χ4v) is 4.39. The number of anilines is 3. The van der Waals surface area contributed by atoms with Crippen molar-refractivity contribution in [2.45, 2.75) is 12.8 Å². The quantitative estimate of drug-likeness (QED) is 0.580. The Hall–Kier alpha value is -3.53. The Morgan fingerprint density at radius 2 is 1.88 bits per heavy atom. The molecule has 2 aliphatic heterocycles. The fraction of sp³-hybridized carbons (Fsp3) is 0.435. The second kappa shape index (κ2) is 9.53. The Bertz CT molecular complexity index is 1130. The molecule has 33 heavy (non-hydrogen) atoms. The summed E-state index contributed by atoms with van der Waals surface area (Å²) in [5, 5.41) is 13.4.